The van der Waals surface area contributed by atoms with Crippen molar-refractivity contribution in [1.82, 2.24) is 9.97 Å². The standard InChI is InChI=1S/C23H22F3N3OS/c1-14-4-3-5-18(12-14)21-19-13-17(6-7-20(19)27-15(2)28-21)16-8-10-31(11-9-16)29-22(30)23(24,25)26/h3-7,12-13,16H,8-11H2,1-2H3. The number of hydrogen-bond acceptors (Lipinski definition) is 3. The van der Waals surface area contributed by atoms with Crippen molar-refractivity contribution in [2.75, 3.05) is 11.5 Å². The molecule has 1 aliphatic rings. The summed E-state index contributed by atoms with van der Waals surface area (Å²) in [5.41, 5.74) is 5.06. The lowest BCUT2D eigenvalue weighted by molar-refractivity contribution is -0.169. The van der Waals surface area contributed by atoms with Crippen LogP contribution in [0.4, 0.5) is 13.2 Å². The van der Waals surface area contributed by atoms with Crippen LogP contribution in [0.15, 0.2) is 46.8 Å². The van der Waals surface area contributed by atoms with Gasteiger partial charge in [-0.3, -0.25) is 4.79 Å². The maximum atomic E-state index is 12.5. The van der Waals surface area contributed by atoms with Gasteiger partial charge in [0.05, 0.1) is 11.2 Å². The molecule has 2 heterocycles. The zero-order valence-electron chi connectivity index (χ0n) is 17.2. The minimum Gasteiger partial charge on any atom is -0.261 e. The van der Waals surface area contributed by atoms with E-state index in [0.717, 1.165) is 33.3 Å². The van der Waals surface area contributed by atoms with Gasteiger partial charge in [0.1, 0.15) is 5.82 Å². The second kappa shape index (κ2) is 8.49. The van der Waals surface area contributed by atoms with E-state index in [1.165, 1.54) is 0 Å². The van der Waals surface area contributed by atoms with Crippen LogP contribution >= 0.6 is 0 Å². The lowest BCUT2D eigenvalue weighted by atomic mass is 9.91. The maximum absolute atomic E-state index is 12.5. The maximum Gasteiger partial charge on any atom is 0.474 e. The Morgan fingerprint density at radius 3 is 2.48 bits per heavy atom. The van der Waals surface area contributed by atoms with Gasteiger partial charge in [-0.1, -0.05) is 40.5 Å². The van der Waals surface area contributed by atoms with Gasteiger partial charge in [0.25, 0.3) is 0 Å². The van der Waals surface area contributed by atoms with Crippen LogP contribution in [0.2, 0.25) is 0 Å². The van der Waals surface area contributed by atoms with Gasteiger partial charge in [-0.25, -0.2) is 9.97 Å². The Morgan fingerprint density at radius 2 is 1.81 bits per heavy atom. The van der Waals surface area contributed by atoms with Gasteiger partial charge in [-0.15, -0.1) is 0 Å². The number of alkyl halides is 3. The number of aryl methyl sites for hydroxylation is 2. The molecule has 0 saturated carbocycles. The summed E-state index contributed by atoms with van der Waals surface area (Å²) in [6.45, 7) is 3.92. The molecular weight excluding hydrogens is 423 g/mol. The van der Waals surface area contributed by atoms with Crippen molar-refractivity contribution < 1.29 is 18.0 Å². The van der Waals surface area contributed by atoms with E-state index in [1.807, 2.05) is 44.2 Å². The molecule has 1 saturated heterocycles. The Bertz CT molecular complexity index is 1180. The number of carbonyl (C=O) groups is 1. The number of carbonyl (C=O) groups excluding carboxylic acids is 1. The minimum absolute atomic E-state index is 0.219. The zero-order chi connectivity index (χ0) is 22.2. The molecule has 1 aliphatic heterocycles. The lowest BCUT2D eigenvalue weighted by Crippen LogP contribution is -2.24. The van der Waals surface area contributed by atoms with Crippen LogP contribution in [0.25, 0.3) is 22.2 Å². The van der Waals surface area contributed by atoms with Crippen molar-refractivity contribution in [3.63, 3.8) is 0 Å². The molecule has 4 nitrogen and oxygen atoms in total. The van der Waals surface area contributed by atoms with Crippen LogP contribution in [0.3, 0.4) is 0 Å². The average Bonchev–Trinajstić information content (AvgIpc) is 2.72. The van der Waals surface area contributed by atoms with Crippen molar-refractivity contribution >= 4 is 27.5 Å². The van der Waals surface area contributed by atoms with Gasteiger partial charge in [0.2, 0.25) is 0 Å². The van der Waals surface area contributed by atoms with Crippen molar-refractivity contribution in [1.29, 1.82) is 0 Å². The number of amides is 1. The molecule has 1 amide bonds. The smallest absolute Gasteiger partial charge is 0.261 e. The van der Waals surface area contributed by atoms with Crippen LogP contribution in [-0.4, -0.2) is 33.6 Å². The largest absolute Gasteiger partial charge is 0.474 e. The molecule has 0 bridgehead atoms. The first kappa shape index (κ1) is 21.6. The van der Waals surface area contributed by atoms with E-state index < -0.39 is 22.8 Å². The molecule has 162 valence electrons. The highest BCUT2D eigenvalue weighted by Crippen LogP contribution is 2.34. The average molecular weight is 446 g/mol. The fourth-order valence-corrected chi connectivity index (χ4v) is 5.76. The Kier molecular flexibility index (Phi) is 5.92. The van der Waals surface area contributed by atoms with E-state index in [1.54, 1.807) is 0 Å². The van der Waals surface area contributed by atoms with Gasteiger partial charge in [0.15, 0.2) is 0 Å². The molecule has 31 heavy (non-hydrogen) atoms. The topological polar surface area (TPSA) is 55.2 Å². The monoisotopic (exact) mass is 445 g/mol. The van der Waals surface area contributed by atoms with E-state index in [4.69, 9.17) is 4.98 Å². The summed E-state index contributed by atoms with van der Waals surface area (Å²) in [5, 5.41) is 0.968. The summed E-state index contributed by atoms with van der Waals surface area (Å²) in [6.07, 6.45) is -3.47. The van der Waals surface area contributed by atoms with Crippen molar-refractivity contribution in [2.45, 2.75) is 38.8 Å². The Hall–Kier alpha value is -2.61. The molecular formula is C23H22F3N3OS. The number of nitrogens with zero attached hydrogens (tertiary/aromatic N) is 3. The zero-order valence-corrected chi connectivity index (χ0v) is 18.1. The van der Waals surface area contributed by atoms with E-state index >= 15 is 0 Å². The van der Waals surface area contributed by atoms with E-state index in [2.05, 4.69) is 21.5 Å². The molecule has 8 heteroatoms. The first-order valence-corrected chi connectivity index (χ1v) is 11.6. The summed E-state index contributed by atoms with van der Waals surface area (Å²) in [4.78, 5) is 20.4. The normalized spacial score (nSPS) is 19.4. The predicted molar refractivity (Wildman–Crippen MR) is 117 cm³/mol. The Morgan fingerprint density at radius 1 is 1.06 bits per heavy atom. The molecule has 2 aromatic carbocycles. The molecule has 0 atom stereocenters. The number of benzene rings is 2. The number of aromatic nitrogens is 2. The summed E-state index contributed by atoms with van der Waals surface area (Å²) < 4.78 is 40.8. The number of rotatable bonds is 2. The fourth-order valence-electron chi connectivity index (χ4n) is 3.93. The highest BCUT2D eigenvalue weighted by molar-refractivity contribution is 7.87. The molecule has 0 aliphatic carbocycles. The Labute approximate surface area is 181 Å². The summed E-state index contributed by atoms with van der Waals surface area (Å²) in [5.74, 6) is -0.0417. The van der Waals surface area contributed by atoms with Crippen molar-refractivity contribution in [2.24, 2.45) is 4.36 Å². The highest BCUT2D eigenvalue weighted by Gasteiger charge is 2.39. The quantitative estimate of drug-likeness (QED) is 0.510. The molecule has 1 aromatic heterocycles. The number of hydrogen-bond donors (Lipinski definition) is 0. The third kappa shape index (κ3) is 4.84. The first-order valence-electron chi connectivity index (χ1n) is 10.1. The predicted octanol–water partition coefficient (Wildman–Crippen LogP) is 5.68. The fraction of sp³-hybridized carbons (Fsp3) is 0.348. The van der Waals surface area contributed by atoms with Crippen molar-refractivity contribution in [3.8, 4) is 11.3 Å². The lowest BCUT2D eigenvalue weighted by Gasteiger charge is -2.24. The van der Waals surface area contributed by atoms with Crippen LogP contribution in [0.5, 0.6) is 0 Å². The molecule has 3 aromatic rings. The second-order valence-electron chi connectivity index (χ2n) is 7.80. The molecule has 4 rings (SSSR count). The SMILES string of the molecule is Cc1cccc(-c2nc(C)nc3ccc(C4CCS(=NC(=O)C(F)(F)F)CC4)cc23)c1. The van der Waals surface area contributed by atoms with E-state index in [-0.39, 0.29) is 5.92 Å². The van der Waals surface area contributed by atoms with Crippen LogP contribution in [-0.2, 0) is 15.5 Å². The number of halogens is 3. The molecule has 0 unspecified atom stereocenters. The third-order valence-corrected chi connectivity index (χ3v) is 7.29. The van der Waals surface area contributed by atoms with Crippen molar-refractivity contribution in [3.05, 3.63) is 59.4 Å². The van der Waals surface area contributed by atoms with Crippen LogP contribution < -0.4 is 0 Å². The first-order chi connectivity index (χ1) is 14.7. The van der Waals surface area contributed by atoms with Gasteiger partial charge in [-0.2, -0.15) is 17.5 Å². The van der Waals surface area contributed by atoms with E-state index in [0.29, 0.717) is 30.2 Å². The second-order valence-corrected chi connectivity index (χ2v) is 9.73. The molecule has 0 N–H and O–H groups in total. The van der Waals surface area contributed by atoms with Gasteiger partial charge >= 0.3 is 12.1 Å². The molecule has 0 radical (unpaired) electrons. The summed E-state index contributed by atoms with van der Waals surface area (Å²) in [6, 6.07) is 14.3. The van der Waals surface area contributed by atoms with Gasteiger partial charge in [0, 0.05) is 22.5 Å². The van der Waals surface area contributed by atoms with Gasteiger partial charge in [-0.05, 0) is 56.4 Å². The van der Waals surface area contributed by atoms with E-state index in [9.17, 15) is 18.0 Å². The summed E-state index contributed by atoms with van der Waals surface area (Å²) >= 11 is 0. The summed E-state index contributed by atoms with van der Waals surface area (Å²) in [7, 11) is -0.852. The minimum atomic E-state index is -4.88. The van der Waals surface area contributed by atoms with Crippen LogP contribution in [0, 0.1) is 13.8 Å². The number of fused-ring (bicyclic) bond motifs is 1. The van der Waals surface area contributed by atoms with Gasteiger partial charge < -0.3 is 0 Å². The Balaban J connectivity index is 1.63. The molecule has 1 fully saturated rings. The van der Waals surface area contributed by atoms with Crippen LogP contribution in [0.1, 0.15) is 35.7 Å². The third-order valence-electron chi connectivity index (χ3n) is 5.45. The highest BCUT2D eigenvalue weighted by atomic mass is 32.2. The molecule has 0 spiro atoms.